The predicted molar refractivity (Wildman–Crippen MR) is 83.1 cm³/mol. The molecule has 0 fully saturated rings. The molecule has 0 amide bonds. The standard InChI is InChI=1S/C15H23ClN4/c1-4-12(17)8-11-6-7-20(9-11)10-14-15(16)13(5-2)18-19(14)3/h6-7,9,12H,4-5,8,10,17H2,1-3H3. The van der Waals surface area contributed by atoms with Crippen LogP contribution in [0.4, 0.5) is 0 Å². The predicted octanol–water partition coefficient (Wildman–Crippen LogP) is 2.77. The third-order valence-electron chi connectivity index (χ3n) is 3.67. The fraction of sp³-hybridized carbons (Fsp3) is 0.533. The monoisotopic (exact) mass is 294 g/mol. The topological polar surface area (TPSA) is 48.8 Å². The van der Waals surface area contributed by atoms with E-state index in [2.05, 4.69) is 42.0 Å². The van der Waals surface area contributed by atoms with E-state index in [4.69, 9.17) is 17.3 Å². The van der Waals surface area contributed by atoms with E-state index in [0.29, 0.717) is 0 Å². The first-order chi connectivity index (χ1) is 9.55. The lowest BCUT2D eigenvalue weighted by molar-refractivity contribution is 0.640. The van der Waals surface area contributed by atoms with Gasteiger partial charge in [0, 0.05) is 25.5 Å². The Balaban J connectivity index is 2.13. The summed E-state index contributed by atoms with van der Waals surface area (Å²) in [5.41, 5.74) is 9.27. The van der Waals surface area contributed by atoms with Crippen LogP contribution in [0.15, 0.2) is 18.5 Å². The summed E-state index contributed by atoms with van der Waals surface area (Å²) in [6.07, 6.45) is 6.99. The van der Waals surface area contributed by atoms with Gasteiger partial charge in [0.25, 0.3) is 0 Å². The molecule has 2 heterocycles. The van der Waals surface area contributed by atoms with Crippen LogP contribution < -0.4 is 5.73 Å². The lowest BCUT2D eigenvalue weighted by atomic mass is 10.1. The largest absolute Gasteiger partial charge is 0.348 e. The Morgan fingerprint density at radius 1 is 1.40 bits per heavy atom. The molecule has 0 aliphatic heterocycles. The first kappa shape index (κ1) is 15.1. The summed E-state index contributed by atoms with van der Waals surface area (Å²) in [4.78, 5) is 0. The van der Waals surface area contributed by atoms with Crippen molar-refractivity contribution in [2.45, 2.75) is 45.7 Å². The number of nitrogens with zero attached hydrogens (tertiary/aromatic N) is 3. The number of rotatable bonds is 6. The van der Waals surface area contributed by atoms with Crippen molar-refractivity contribution in [3.63, 3.8) is 0 Å². The van der Waals surface area contributed by atoms with Crippen LogP contribution in [0.1, 0.15) is 37.2 Å². The Morgan fingerprint density at radius 3 is 2.75 bits per heavy atom. The zero-order chi connectivity index (χ0) is 14.7. The first-order valence-corrected chi connectivity index (χ1v) is 7.53. The summed E-state index contributed by atoms with van der Waals surface area (Å²) in [7, 11) is 1.94. The highest BCUT2D eigenvalue weighted by atomic mass is 35.5. The van der Waals surface area contributed by atoms with E-state index < -0.39 is 0 Å². The van der Waals surface area contributed by atoms with Crippen LogP contribution in [0.5, 0.6) is 0 Å². The maximum atomic E-state index is 6.38. The van der Waals surface area contributed by atoms with Crippen molar-refractivity contribution in [1.29, 1.82) is 0 Å². The Labute approximate surface area is 125 Å². The Morgan fingerprint density at radius 2 is 2.15 bits per heavy atom. The molecule has 2 aromatic heterocycles. The fourth-order valence-corrected chi connectivity index (χ4v) is 2.67. The number of aryl methyl sites for hydroxylation is 2. The number of aromatic nitrogens is 3. The molecular formula is C15H23ClN4. The number of nitrogens with two attached hydrogens (primary N) is 1. The lowest BCUT2D eigenvalue weighted by Gasteiger charge is -2.07. The van der Waals surface area contributed by atoms with Gasteiger partial charge < -0.3 is 10.3 Å². The van der Waals surface area contributed by atoms with Crippen molar-refractivity contribution < 1.29 is 0 Å². The van der Waals surface area contributed by atoms with Gasteiger partial charge in [-0.2, -0.15) is 5.10 Å². The van der Waals surface area contributed by atoms with Crippen molar-refractivity contribution in [2.24, 2.45) is 12.8 Å². The highest BCUT2D eigenvalue weighted by molar-refractivity contribution is 6.31. The summed E-state index contributed by atoms with van der Waals surface area (Å²) in [5.74, 6) is 0. The van der Waals surface area contributed by atoms with Gasteiger partial charge in [-0.3, -0.25) is 4.68 Å². The molecule has 0 aromatic carbocycles. The Bertz CT molecular complexity index is 570. The molecule has 0 bridgehead atoms. The minimum absolute atomic E-state index is 0.234. The van der Waals surface area contributed by atoms with E-state index in [0.717, 1.165) is 42.2 Å². The molecule has 0 aliphatic rings. The van der Waals surface area contributed by atoms with Gasteiger partial charge in [-0.05, 0) is 30.9 Å². The maximum Gasteiger partial charge on any atom is 0.0868 e. The van der Waals surface area contributed by atoms with Gasteiger partial charge in [0.1, 0.15) is 0 Å². The third-order valence-corrected chi connectivity index (χ3v) is 4.11. The molecule has 0 radical (unpaired) electrons. The van der Waals surface area contributed by atoms with Gasteiger partial charge in [0.05, 0.1) is 23.0 Å². The Hall–Kier alpha value is -1.26. The zero-order valence-corrected chi connectivity index (χ0v) is 13.2. The SMILES string of the molecule is CCc1nn(C)c(Cn2ccc(CC(N)CC)c2)c1Cl. The van der Waals surface area contributed by atoms with Crippen molar-refractivity contribution in [3.8, 4) is 0 Å². The smallest absolute Gasteiger partial charge is 0.0868 e. The van der Waals surface area contributed by atoms with Crippen LogP contribution >= 0.6 is 11.6 Å². The van der Waals surface area contributed by atoms with Crippen LogP contribution in [0.3, 0.4) is 0 Å². The quantitative estimate of drug-likeness (QED) is 0.890. The minimum Gasteiger partial charge on any atom is -0.348 e. The maximum absolute atomic E-state index is 6.38. The summed E-state index contributed by atoms with van der Waals surface area (Å²) >= 11 is 6.38. The molecule has 2 rings (SSSR count). The normalized spacial score (nSPS) is 12.8. The molecule has 2 N–H and O–H groups in total. The van der Waals surface area contributed by atoms with Gasteiger partial charge in [-0.25, -0.2) is 0 Å². The molecule has 1 atom stereocenters. The van der Waals surface area contributed by atoms with E-state index >= 15 is 0 Å². The second kappa shape index (κ2) is 6.46. The lowest BCUT2D eigenvalue weighted by Crippen LogP contribution is -2.21. The summed E-state index contributed by atoms with van der Waals surface area (Å²) < 4.78 is 4.01. The zero-order valence-electron chi connectivity index (χ0n) is 12.4. The number of hydrogen-bond acceptors (Lipinski definition) is 2. The van der Waals surface area contributed by atoms with Crippen LogP contribution in [-0.2, 0) is 26.4 Å². The van der Waals surface area contributed by atoms with Crippen molar-refractivity contribution in [1.82, 2.24) is 14.3 Å². The first-order valence-electron chi connectivity index (χ1n) is 7.15. The molecule has 0 saturated heterocycles. The molecule has 20 heavy (non-hydrogen) atoms. The molecule has 110 valence electrons. The average molecular weight is 295 g/mol. The van der Waals surface area contributed by atoms with Crippen LogP contribution in [-0.4, -0.2) is 20.4 Å². The van der Waals surface area contributed by atoms with Crippen LogP contribution in [0.25, 0.3) is 0 Å². The molecule has 0 aliphatic carbocycles. The number of hydrogen-bond donors (Lipinski definition) is 1. The molecule has 4 nitrogen and oxygen atoms in total. The van der Waals surface area contributed by atoms with Crippen LogP contribution in [0.2, 0.25) is 5.02 Å². The van der Waals surface area contributed by atoms with E-state index in [-0.39, 0.29) is 6.04 Å². The highest BCUT2D eigenvalue weighted by Crippen LogP contribution is 2.22. The van der Waals surface area contributed by atoms with Gasteiger partial charge >= 0.3 is 0 Å². The second-order valence-corrected chi connectivity index (χ2v) is 5.63. The third kappa shape index (κ3) is 3.25. The van der Waals surface area contributed by atoms with Crippen LogP contribution in [0, 0.1) is 0 Å². The molecule has 0 saturated carbocycles. The fourth-order valence-electron chi connectivity index (χ4n) is 2.32. The van der Waals surface area contributed by atoms with Crippen molar-refractivity contribution in [3.05, 3.63) is 40.4 Å². The van der Waals surface area contributed by atoms with E-state index in [1.165, 1.54) is 5.56 Å². The molecule has 5 heteroatoms. The summed E-state index contributed by atoms with van der Waals surface area (Å²) in [6, 6.07) is 2.36. The average Bonchev–Trinajstić information content (AvgIpc) is 2.98. The Kier molecular flexibility index (Phi) is 4.89. The number of halogens is 1. The van der Waals surface area contributed by atoms with E-state index in [1.807, 2.05) is 11.7 Å². The summed E-state index contributed by atoms with van der Waals surface area (Å²) in [6.45, 7) is 4.92. The highest BCUT2D eigenvalue weighted by Gasteiger charge is 2.13. The van der Waals surface area contributed by atoms with Gasteiger partial charge in [-0.15, -0.1) is 0 Å². The minimum atomic E-state index is 0.234. The molecule has 2 aromatic rings. The second-order valence-electron chi connectivity index (χ2n) is 5.25. The molecule has 0 spiro atoms. The van der Waals surface area contributed by atoms with Crippen molar-refractivity contribution in [2.75, 3.05) is 0 Å². The van der Waals surface area contributed by atoms with Gasteiger partial charge in [-0.1, -0.05) is 25.4 Å². The van der Waals surface area contributed by atoms with E-state index in [1.54, 1.807) is 0 Å². The molecule has 1 unspecified atom stereocenters. The molecular weight excluding hydrogens is 272 g/mol. The van der Waals surface area contributed by atoms with Gasteiger partial charge in [0.2, 0.25) is 0 Å². The van der Waals surface area contributed by atoms with Gasteiger partial charge in [0.15, 0.2) is 0 Å². The van der Waals surface area contributed by atoms with E-state index in [9.17, 15) is 0 Å². The van der Waals surface area contributed by atoms with Crippen molar-refractivity contribution >= 4 is 11.6 Å². The summed E-state index contributed by atoms with van der Waals surface area (Å²) in [5, 5.41) is 5.23.